The van der Waals surface area contributed by atoms with Crippen molar-refractivity contribution < 1.29 is 9.90 Å². The van der Waals surface area contributed by atoms with E-state index in [0.29, 0.717) is 12.5 Å². The first-order valence-corrected chi connectivity index (χ1v) is 8.96. The number of aliphatic carboxylic acids is 1. The van der Waals surface area contributed by atoms with Gasteiger partial charge in [-0.1, -0.05) is 64.7 Å². The van der Waals surface area contributed by atoms with Crippen molar-refractivity contribution in [1.29, 1.82) is 0 Å². The largest absolute Gasteiger partial charge is 0.481 e. The van der Waals surface area contributed by atoms with Crippen molar-refractivity contribution in [3.8, 4) is 0 Å². The van der Waals surface area contributed by atoms with Crippen molar-refractivity contribution in [3.63, 3.8) is 0 Å². The summed E-state index contributed by atoms with van der Waals surface area (Å²) in [6.07, 6.45) is 15.6. The average molecular weight is 336 g/mol. The van der Waals surface area contributed by atoms with Crippen LogP contribution in [0.5, 0.6) is 0 Å². The number of rotatable bonds is 15. The van der Waals surface area contributed by atoms with Crippen molar-refractivity contribution in [2.45, 2.75) is 96.4 Å². The summed E-state index contributed by atoms with van der Waals surface area (Å²) in [5.41, 5.74) is 0. The molecule has 1 atom stereocenters. The minimum absolute atomic E-state index is 0. The number of nitrogens with zero attached hydrogens (tertiary/aromatic N) is 1. The Morgan fingerprint density at radius 3 is 1.77 bits per heavy atom. The summed E-state index contributed by atoms with van der Waals surface area (Å²) in [5, 5.41) is 8.70. The lowest BCUT2D eigenvalue weighted by molar-refractivity contribution is -0.137. The molecule has 0 aromatic heterocycles. The molecule has 3 nitrogen and oxygen atoms in total. The van der Waals surface area contributed by atoms with Gasteiger partial charge in [0.05, 0.1) is 0 Å². The molecule has 0 saturated heterocycles. The van der Waals surface area contributed by atoms with Gasteiger partial charge in [-0.2, -0.15) is 0 Å². The Labute approximate surface area is 144 Å². The molecule has 0 aliphatic rings. The number of unbranched alkanes of at least 4 members (excludes halogenated alkanes) is 8. The Kier molecular flexibility index (Phi) is 18.6. The Balaban J connectivity index is 0. The lowest BCUT2D eigenvalue weighted by Crippen LogP contribution is -2.28. The minimum Gasteiger partial charge on any atom is -0.481 e. The van der Waals surface area contributed by atoms with E-state index in [4.69, 9.17) is 5.11 Å². The van der Waals surface area contributed by atoms with Gasteiger partial charge in [-0.05, 0) is 33.4 Å². The molecule has 134 valence electrons. The van der Waals surface area contributed by atoms with Crippen LogP contribution >= 0.6 is 12.4 Å². The summed E-state index contributed by atoms with van der Waals surface area (Å²) >= 11 is 0. The monoisotopic (exact) mass is 335 g/mol. The van der Waals surface area contributed by atoms with Crippen LogP contribution < -0.4 is 0 Å². The van der Waals surface area contributed by atoms with Gasteiger partial charge in [0.2, 0.25) is 0 Å². The van der Waals surface area contributed by atoms with Gasteiger partial charge in [0, 0.05) is 12.5 Å². The smallest absolute Gasteiger partial charge is 0.303 e. The second-order valence-electron chi connectivity index (χ2n) is 6.52. The van der Waals surface area contributed by atoms with E-state index in [9.17, 15) is 4.79 Å². The number of carboxylic acid groups (broad SMARTS) is 1. The first-order valence-electron chi connectivity index (χ1n) is 8.96. The van der Waals surface area contributed by atoms with E-state index in [1.807, 2.05) is 0 Å². The molecule has 0 aromatic rings. The van der Waals surface area contributed by atoms with Crippen LogP contribution in [0.3, 0.4) is 0 Å². The maximum Gasteiger partial charge on any atom is 0.303 e. The molecule has 1 unspecified atom stereocenters. The highest BCUT2D eigenvalue weighted by atomic mass is 35.5. The van der Waals surface area contributed by atoms with Crippen molar-refractivity contribution in [3.05, 3.63) is 0 Å². The third-order valence-electron chi connectivity index (χ3n) is 4.30. The molecule has 0 fully saturated rings. The number of hydrogen-bond donors (Lipinski definition) is 1. The lowest BCUT2D eigenvalue weighted by atomic mass is 10.0. The quantitative estimate of drug-likeness (QED) is 0.401. The van der Waals surface area contributed by atoms with Gasteiger partial charge in [0.25, 0.3) is 0 Å². The summed E-state index contributed by atoms with van der Waals surface area (Å²) in [7, 11) is 4.22. The predicted molar refractivity (Wildman–Crippen MR) is 98.1 cm³/mol. The zero-order valence-corrected chi connectivity index (χ0v) is 15.8. The number of hydrogen-bond acceptors (Lipinski definition) is 2. The highest BCUT2D eigenvalue weighted by Gasteiger charge is 2.11. The summed E-state index contributed by atoms with van der Waals surface area (Å²) in [5.74, 6) is -0.671. The van der Waals surface area contributed by atoms with Crippen molar-refractivity contribution in [1.82, 2.24) is 4.90 Å². The zero-order chi connectivity index (χ0) is 15.9. The molecule has 0 saturated carbocycles. The van der Waals surface area contributed by atoms with Crippen molar-refractivity contribution in [2.75, 3.05) is 14.1 Å². The van der Waals surface area contributed by atoms with E-state index >= 15 is 0 Å². The first-order chi connectivity index (χ1) is 10.1. The Morgan fingerprint density at radius 1 is 0.864 bits per heavy atom. The van der Waals surface area contributed by atoms with Gasteiger partial charge >= 0.3 is 5.97 Å². The lowest BCUT2D eigenvalue weighted by Gasteiger charge is -2.24. The van der Waals surface area contributed by atoms with Gasteiger partial charge < -0.3 is 10.0 Å². The van der Waals surface area contributed by atoms with E-state index in [1.165, 1.54) is 64.2 Å². The van der Waals surface area contributed by atoms with Crippen LogP contribution in [0.25, 0.3) is 0 Å². The first kappa shape index (κ1) is 24.0. The molecule has 4 heteroatoms. The van der Waals surface area contributed by atoms with Gasteiger partial charge in [-0.3, -0.25) is 4.79 Å². The second-order valence-corrected chi connectivity index (χ2v) is 6.52. The normalized spacial score (nSPS) is 12.2. The summed E-state index contributed by atoms with van der Waals surface area (Å²) in [4.78, 5) is 12.8. The van der Waals surface area contributed by atoms with Crippen LogP contribution in [-0.4, -0.2) is 36.1 Å². The predicted octanol–water partition coefficient (Wildman–Crippen LogP) is 5.51. The van der Waals surface area contributed by atoms with E-state index in [0.717, 1.165) is 12.8 Å². The van der Waals surface area contributed by atoms with E-state index in [2.05, 4.69) is 25.9 Å². The molecule has 0 radical (unpaired) electrons. The minimum atomic E-state index is -0.671. The van der Waals surface area contributed by atoms with Gasteiger partial charge in [0.1, 0.15) is 0 Å². The maximum atomic E-state index is 10.6. The third-order valence-corrected chi connectivity index (χ3v) is 4.30. The van der Waals surface area contributed by atoms with Gasteiger partial charge in [-0.15, -0.1) is 12.4 Å². The number of halogens is 1. The molecule has 0 spiro atoms. The molecule has 0 bridgehead atoms. The summed E-state index contributed by atoms with van der Waals surface area (Å²) in [6, 6.07) is 0.550. The van der Waals surface area contributed by atoms with E-state index in [-0.39, 0.29) is 12.4 Å². The second kappa shape index (κ2) is 17.1. The number of carboxylic acids is 1. The van der Waals surface area contributed by atoms with Gasteiger partial charge in [-0.25, -0.2) is 0 Å². The third kappa shape index (κ3) is 16.1. The number of carbonyl (C=O) groups is 1. The van der Waals surface area contributed by atoms with Crippen LogP contribution in [0.4, 0.5) is 0 Å². The molecular formula is C18H38ClNO2. The molecular weight excluding hydrogens is 298 g/mol. The Hall–Kier alpha value is -0.280. The summed E-state index contributed by atoms with van der Waals surface area (Å²) < 4.78 is 0. The van der Waals surface area contributed by atoms with Gasteiger partial charge in [0.15, 0.2) is 0 Å². The molecule has 0 aliphatic carbocycles. The molecule has 22 heavy (non-hydrogen) atoms. The molecule has 0 aliphatic heterocycles. The molecule has 0 amide bonds. The molecule has 1 N–H and O–H groups in total. The van der Waals surface area contributed by atoms with Crippen molar-refractivity contribution >= 4 is 18.4 Å². The fraction of sp³-hybridized carbons (Fsp3) is 0.944. The molecule has 0 aromatic carbocycles. The Morgan fingerprint density at radius 2 is 1.32 bits per heavy atom. The van der Waals surface area contributed by atoms with Crippen LogP contribution in [0.1, 0.15) is 90.4 Å². The fourth-order valence-electron chi connectivity index (χ4n) is 2.84. The standard InChI is InChI=1S/C18H37NO2.ClH/c1-4-5-6-7-8-9-10-11-12-14-17(19(2)3)15-13-16-18(20)21;/h17H,4-16H2,1-3H3,(H,20,21);1H. The topological polar surface area (TPSA) is 40.5 Å². The Bertz CT molecular complexity index is 247. The van der Waals surface area contributed by atoms with Crippen LogP contribution in [0.2, 0.25) is 0 Å². The van der Waals surface area contributed by atoms with Crippen molar-refractivity contribution in [2.24, 2.45) is 0 Å². The fourth-order valence-corrected chi connectivity index (χ4v) is 2.84. The highest BCUT2D eigenvalue weighted by molar-refractivity contribution is 5.85. The maximum absolute atomic E-state index is 10.6. The van der Waals surface area contributed by atoms with E-state index in [1.54, 1.807) is 0 Å². The SMILES string of the molecule is CCCCCCCCCCCC(CCCC(=O)O)N(C)C.Cl. The average Bonchev–Trinajstić information content (AvgIpc) is 2.43. The summed E-state index contributed by atoms with van der Waals surface area (Å²) in [6.45, 7) is 2.26. The molecule has 0 rings (SSSR count). The van der Waals surface area contributed by atoms with E-state index < -0.39 is 5.97 Å². The zero-order valence-electron chi connectivity index (χ0n) is 15.0. The van der Waals surface area contributed by atoms with Crippen LogP contribution in [-0.2, 0) is 4.79 Å². The molecule has 0 heterocycles. The van der Waals surface area contributed by atoms with Crippen LogP contribution in [0, 0.1) is 0 Å². The highest BCUT2D eigenvalue weighted by Crippen LogP contribution is 2.16. The van der Waals surface area contributed by atoms with Crippen LogP contribution in [0.15, 0.2) is 0 Å².